The van der Waals surface area contributed by atoms with Gasteiger partial charge in [-0.1, -0.05) is 11.6 Å². The predicted molar refractivity (Wildman–Crippen MR) is 109 cm³/mol. The number of likely N-dealkylation sites (N-methyl/N-ethyl adjacent to an activating group) is 1. The lowest BCUT2D eigenvalue weighted by Crippen LogP contribution is -2.51. The lowest BCUT2D eigenvalue weighted by Gasteiger charge is -2.33. The van der Waals surface area contributed by atoms with Crippen molar-refractivity contribution in [1.82, 2.24) is 9.88 Å². The van der Waals surface area contributed by atoms with Gasteiger partial charge in [0.25, 0.3) is 11.8 Å². The van der Waals surface area contributed by atoms with Crippen LogP contribution >= 0.6 is 34.7 Å². The van der Waals surface area contributed by atoms with Gasteiger partial charge in [0.15, 0.2) is 0 Å². The van der Waals surface area contributed by atoms with E-state index in [1.165, 1.54) is 17.4 Å². The number of thiazole rings is 1. The van der Waals surface area contributed by atoms with Crippen molar-refractivity contribution in [2.75, 3.05) is 35.3 Å². The summed E-state index contributed by atoms with van der Waals surface area (Å²) in [6.45, 7) is 0.781. The molecule has 0 spiro atoms. The van der Waals surface area contributed by atoms with E-state index in [0.717, 1.165) is 17.2 Å². The van der Waals surface area contributed by atoms with Crippen molar-refractivity contribution in [2.24, 2.45) is 0 Å². The summed E-state index contributed by atoms with van der Waals surface area (Å²) in [5.74, 6) is 0.902. The normalized spacial score (nSPS) is 17.3. The summed E-state index contributed by atoms with van der Waals surface area (Å²) in [7, 11) is 1.87. The highest BCUT2D eigenvalue weighted by Crippen LogP contribution is 2.30. The third-order valence-electron chi connectivity index (χ3n) is 4.15. The van der Waals surface area contributed by atoms with E-state index in [2.05, 4.69) is 10.3 Å². The molecule has 3 rings (SSSR count). The number of hydrogen-bond acceptors (Lipinski definition) is 7. The maximum Gasteiger partial charge on any atom is 0.275 e. The first-order valence-corrected chi connectivity index (χ1v) is 10.5. The standard InChI is InChI=1S/C17H17ClN4O3S2/c1-21-4-5-26-8-15(21)17(25)22(10-23)14-3-2-11(6-12(14)18)20-16(24)13-7-27-9-19-13/h2-3,6-7,9-10,15H,4-5,8H2,1H3,(H,20,24). The zero-order valence-electron chi connectivity index (χ0n) is 14.4. The Hall–Kier alpha value is -1.94. The van der Waals surface area contributed by atoms with Crippen molar-refractivity contribution in [2.45, 2.75) is 6.04 Å². The van der Waals surface area contributed by atoms with E-state index < -0.39 is 0 Å². The number of carbonyl (C=O) groups is 3. The molecular formula is C17H17ClN4O3S2. The first-order chi connectivity index (χ1) is 13.0. The zero-order valence-corrected chi connectivity index (χ0v) is 16.8. The van der Waals surface area contributed by atoms with Gasteiger partial charge in [0.1, 0.15) is 5.69 Å². The highest BCUT2D eigenvalue weighted by atomic mass is 35.5. The average molecular weight is 425 g/mol. The summed E-state index contributed by atoms with van der Waals surface area (Å²) >= 11 is 9.29. The number of imide groups is 1. The second-order valence-corrected chi connectivity index (χ2v) is 8.15. The Morgan fingerprint density at radius 2 is 2.26 bits per heavy atom. The van der Waals surface area contributed by atoms with Crippen LogP contribution < -0.4 is 10.2 Å². The summed E-state index contributed by atoms with van der Waals surface area (Å²) < 4.78 is 0. The molecule has 7 nitrogen and oxygen atoms in total. The van der Waals surface area contributed by atoms with Crippen LogP contribution in [-0.2, 0) is 9.59 Å². The van der Waals surface area contributed by atoms with E-state index in [1.807, 2.05) is 11.9 Å². The third kappa shape index (κ3) is 4.49. The molecule has 1 fully saturated rings. The lowest BCUT2D eigenvalue weighted by atomic mass is 10.2. The Labute approximate surface area is 169 Å². The Kier molecular flexibility index (Phi) is 6.48. The fourth-order valence-electron chi connectivity index (χ4n) is 2.63. The molecule has 3 amide bonds. The molecule has 142 valence electrons. The number of aromatic nitrogens is 1. The van der Waals surface area contributed by atoms with Crippen molar-refractivity contribution < 1.29 is 14.4 Å². The van der Waals surface area contributed by atoms with Crippen LogP contribution in [0.2, 0.25) is 5.02 Å². The van der Waals surface area contributed by atoms with Gasteiger partial charge in [-0.2, -0.15) is 11.8 Å². The van der Waals surface area contributed by atoms with E-state index in [-0.39, 0.29) is 28.6 Å². The minimum Gasteiger partial charge on any atom is -0.321 e. The molecular weight excluding hydrogens is 408 g/mol. The number of amides is 3. The van der Waals surface area contributed by atoms with E-state index in [4.69, 9.17) is 11.6 Å². The Bertz CT molecular complexity index is 847. The largest absolute Gasteiger partial charge is 0.321 e. The number of benzene rings is 1. The second kappa shape index (κ2) is 8.83. The van der Waals surface area contributed by atoms with Gasteiger partial charge in [-0.3, -0.25) is 24.2 Å². The van der Waals surface area contributed by atoms with Crippen LogP contribution in [0.4, 0.5) is 11.4 Å². The Balaban J connectivity index is 1.77. The van der Waals surface area contributed by atoms with Crippen molar-refractivity contribution >= 4 is 64.3 Å². The molecule has 10 heteroatoms. The molecule has 1 unspecified atom stereocenters. The Morgan fingerprint density at radius 1 is 1.44 bits per heavy atom. The molecule has 1 aromatic carbocycles. The molecule has 1 N–H and O–H groups in total. The summed E-state index contributed by atoms with van der Waals surface area (Å²) in [5, 5.41) is 4.51. The molecule has 0 saturated carbocycles. The summed E-state index contributed by atoms with van der Waals surface area (Å²) in [6, 6.07) is 4.26. The van der Waals surface area contributed by atoms with Crippen molar-refractivity contribution in [3.05, 3.63) is 39.8 Å². The van der Waals surface area contributed by atoms with Gasteiger partial charge in [-0.05, 0) is 25.2 Å². The first kappa shape index (κ1) is 19.8. The topological polar surface area (TPSA) is 82.6 Å². The van der Waals surface area contributed by atoms with E-state index >= 15 is 0 Å². The van der Waals surface area contributed by atoms with Crippen molar-refractivity contribution in [3.8, 4) is 0 Å². The number of nitrogens with zero attached hydrogens (tertiary/aromatic N) is 3. The summed E-state index contributed by atoms with van der Waals surface area (Å²) in [4.78, 5) is 43.4. The number of thioether (sulfide) groups is 1. The number of carbonyl (C=O) groups excluding carboxylic acids is 3. The molecule has 0 aliphatic carbocycles. The molecule has 1 aromatic heterocycles. The van der Waals surface area contributed by atoms with E-state index in [9.17, 15) is 14.4 Å². The van der Waals surface area contributed by atoms with Gasteiger partial charge in [0.2, 0.25) is 6.41 Å². The molecule has 1 saturated heterocycles. The van der Waals surface area contributed by atoms with Crippen LogP contribution in [-0.4, -0.2) is 59.2 Å². The maximum atomic E-state index is 12.8. The van der Waals surface area contributed by atoms with Gasteiger partial charge in [-0.25, -0.2) is 4.98 Å². The van der Waals surface area contributed by atoms with Crippen LogP contribution in [0.3, 0.4) is 0 Å². The zero-order chi connectivity index (χ0) is 19.4. The van der Waals surface area contributed by atoms with Gasteiger partial charge < -0.3 is 5.32 Å². The highest BCUT2D eigenvalue weighted by Gasteiger charge is 2.31. The molecule has 0 bridgehead atoms. The first-order valence-electron chi connectivity index (χ1n) is 8.06. The fourth-order valence-corrected chi connectivity index (χ4v) is 4.64. The minimum atomic E-state index is -0.380. The van der Waals surface area contributed by atoms with E-state index in [0.29, 0.717) is 23.5 Å². The van der Waals surface area contributed by atoms with Gasteiger partial charge >= 0.3 is 0 Å². The maximum absolute atomic E-state index is 12.8. The summed E-state index contributed by atoms with van der Waals surface area (Å²) in [6.07, 6.45) is 0.476. The molecule has 1 aliphatic rings. The SMILES string of the molecule is CN1CCSCC1C(=O)N(C=O)c1ccc(NC(=O)c2cscn2)cc1Cl. The van der Waals surface area contributed by atoms with Crippen molar-refractivity contribution in [3.63, 3.8) is 0 Å². The van der Waals surface area contributed by atoms with Crippen LogP contribution in [0.5, 0.6) is 0 Å². The lowest BCUT2D eigenvalue weighted by molar-refractivity contribution is -0.125. The van der Waals surface area contributed by atoms with Crippen LogP contribution in [0.25, 0.3) is 0 Å². The molecule has 1 atom stereocenters. The molecule has 2 aromatic rings. The van der Waals surface area contributed by atoms with Gasteiger partial charge in [0, 0.05) is 29.1 Å². The van der Waals surface area contributed by atoms with Crippen LogP contribution in [0.1, 0.15) is 10.5 Å². The second-order valence-electron chi connectivity index (χ2n) is 5.88. The van der Waals surface area contributed by atoms with Gasteiger partial charge in [-0.15, -0.1) is 11.3 Å². The molecule has 2 heterocycles. The number of anilines is 2. The molecule has 1 aliphatic heterocycles. The molecule has 27 heavy (non-hydrogen) atoms. The van der Waals surface area contributed by atoms with E-state index in [1.54, 1.807) is 34.8 Å². The smallest absolute Gasteiger partial charge is 0.275 e. The number of hydrogen-bond donors (Lipinski definition) is 1. The third-order valence-corrected chi connectivity index (χ3v) is 6.07. The quantitative estimate of drug-likeness (QED) is 0.743. The highest BCUT2D eigenvalue weighted by molar-refractivity contribution is 7.99. The minimum absolute atomic E-state index is 0.192. The van der Waals surface area contributed by atoms with Crippen LogP contribution in [0, 0.1) is 0 Å². The number of halogens is 1. The number of rotatable bonds is 5. The average Bonchev–Trinajstić information content (AvgIpc) is 3.19. The predicted octanol–water partition coefficient (Wildman–Crippen LogP) is 2.59. The summed E-state index contributed by atoms with van der Waals surface area (Å²) in [5.41, 5.74) is 2.61. The Morgan fingerprint density at radius 3 is 2.89 bits per heavy atom. The van der Waals surface area contributed by atoms with Crippen LogP contribution in [0.15, 0.2) is 29.1 Å². The van der Waals surface area contributed by atoms with Gasteiger partial charge in [0.05, 0.1) is 22.3 Å². The molecule has 0 radical (unpaired) electrons. The number of nitrogens with one attached hydrogen (secondary N) is 1. The van der Waals surface area contributed by atoms with Crippen molar-refractivity contribution in [1.29, 1.82) is 0 Å². The fraction of sp³-hybridized carbons (Fsp3) is 0.294. The monoisotopic (exact) mass is 424 g/mol.